The largest absolute Gasteiger partial charge is 0.396 e. The summed E-state index contributed by atoms with van der Waals surface area (Å²) in [5.41, 5.74) is 1.29. The first kappa shape index (κ1) is 22.5. The van der Waals surface area contributed by atoms with Gasteiger partial charge in [0.2, 0.25) is 0 Å². The van der Waals surface area contributed by atoms with E-state index in [1.165, 1.54) is 76.4 Å². The molecular formula is C29H35NO2. The number of hydrogen-bond acceptors (Lipinski definition) is 3. The minimum atomic E-state index is 0.334. The zero-order valence-electron chi connectivity index (χ0n) is 19.1. The third kappa shape index (κ3) is 5.58. The van der Waals surface area contributed by atoms with Crippen molar-refractivity contribution in [3.63, 3.8) is 0 Å². The van der Waals surface area contributed by atoms with E-state index in [0.29, 0.717) is 13.2 Å². The maximum Gasteiger partial charge on any atom is 0.117 e. The van der Waals surface area contributed by atoms with Gasteiger partial charge in [0.15, 0.2) is 0 Å². The molecule has 0 atom stereocenters. The van der Waals surface area contributed by atoms with Crippen LogP contribution < -0.4 is 0 Å². The van der Waals surface area contributed by atoms with E-state index in [-0.39, 0.29) is 0 Å². The smallest absolute Gasteiger partial charge is 0.117 e. The first-order valence-electron chi connectivity index (χ1n) is 12.3. The van der Waals surface area contributed by atoms with Crippen molar-refractivity contribution in [1.82, 2.24) is 0 Å². The van der Waals surface area contributed by atoms with Crippen LogP contribution in [0.5, 0.6) is 0 Å². The number of rotatable bonds is 14. The van der Waals surface area contributed by atoms with Gasteiger partial charge in [0.05, 0.1) is 0 Å². The summed E-state index contributed by atoms with van der Waals surface area (Å²) in [5.74, 6) is 0. The van der Waals surface area contributed by atoms with E-state index < -0.39 is 0 Å². The van der Waals surface area contributed by atoms with Crippen molar-refractivity contribution in [2.75, 3.05) is 13.2 Å². The number of hydrogen-bond donors (Lipinski definition) is 1. The summed E-state index contributed by atoms with van der Waals surface area (Å²) in [5, 5.41) is 20.9. The molecule has 0 unspecified atom stereocenters. The standard InChI is InChI=1S/C29H35NO2/c31-21-8-6-4-2-1-3-5-7-9-22-32-30-20-19-23-13-14-26-16-15-24-11-10-12-25-17-18-27(23)29(26)28(24)25/h10-18,20,31H,1-9,19,21-22H2. The van der Waals surface area contributed by atoms with E-state index in [1.807, 2.05) is 6.21 Å². The molecule has 0 aliphatic heterocycles. The van der Waals surface area contributed by atoms with Gasteiger partial charge in [-0.05, 0) is 57.1 Å². The zero-order chi connectivity index (χ0) is 22.0. The van der Waals surface area contributed by atoms with Crippen LogP contribution in [0.4, 0.5) is 0 Å². The fourth-order valence-corrected chi connectivity index (χ4v) is 4.73. The molecule has 0 fully saturated rings. The maximum absolute atomic E-state index is 8.78. The topological polar surface area (TPSA) is 41.8 Å². The number of nitrogens with zero attached hydrogens (tertiary/aromatic N) is 1. The third-order valence-electron chi connectivity index (χ3n) is 6.47. The van der Waals surface area contributed by atoms with Crippen LogP contribution in [-0.4, -0.2) is 24.5 Å². The highest BCUT2D eigenvalue weighted by Gasteiger charge is 2.10. The van der Waals surface area contributed by atoms with Gasteiger partial charge in [-0.2, -0.15) is 0 Å². The summed E-state index contributed by atoms with van der Waals surface area (Å²) in [6.45, 7) is 1.03. The second-order valence-corrected chi connectivity index (χ2v) is 8.81. The summed E-state index contributed by atoms with van der Waals surface area (Å²) >= 11 is 0. The Balaban J connectivity index is 1.21. The van der Waals surface area contributed by atoms with Gasteiger partial charge in [0, 0.05) is 19.2 Å². The van der Waals surface area contributed by atoms with Gasteiger partial charge in [-0.15, -0.1) is 0 Å². The second kappa shape index (κ2) is 11.8. The van der Waals surface area contributed by atoms with E-state index in [9.17, 15) is 0 Å². The van der Waals surface area contributed by atoms with Crippen LogP contribution in [0.15, 0.2) is 59.8 Å². The summed E-state index contributed by atoms with van der Waals surface area (Å²) in [4.78, 5) is 5.50. The Hall–Kier alpha value is -2.65. The van der Waals surface area contributed by atoms with Gasteiger partial charge in [-0.3, -0.25) is 0 Å². The lowest BCUT2D eigenvalue weighted by atomic mass is 9.91. The average Bonchev–Trinajstić information content (AvgIpc) is 2.83. The Morgan fingerprint density at radius 3 is 1.97 bits per heavy atom. The fourth-order valence-electron chi connectivity index (χ4n) is 4.73. The number of benzene rings is 4. The zero-order valence-corrected chi connectivity index (χ0v) is 19.1. The molecule has 0 radical (unpaired) electrons. The third-order valence-corrected chi connectivity index (χ3v) is 6.47. The Morgan fingerprint density at radius 2 is 1.25 bits per heavy atom. The molecule has 0 saturated carbocycles. The molecule has 3 heteroatoms. The van der Waals surface area contributed by atoms with Gasteiger partial charge in [-0.1, -0.05) is 98.3 Å². The van der Waals surface area contributed by atoms with E-state index in [2.05, 4.69) is 59.8 Å². The minimum absolute atomic E-state index is 0.334. The molecule has 0 amide bonds. The SMILES string of the molecule is OCCCCCCCCCCCON=CCc1ccc2ccc3cccc4ccc1c2c34. The van der Waals surface area contributed by atoms with Crippen molar-refractivity contribution >= 4 is 38.5 Å². The van der Waals surface area contributed by atoms with Crippen molar-refractivity contribution < 1.29 is 9.94 Å². The van der Waals surface area contributed by atoms with Crippen molar-refractivity contribution in [2.45, 2.75) is 64.2 Å². The lowest BCUT2D eigenvalue weighted by Crippen LogP contribution is -1.93. The molecule has 0 aliphatic rings. The summed E-state index contributed by atoms with van der Waals surface area (Å²) in [7, 11) is 0. The summed E-state index contributed by atoms with van der Waals surface area (Å²) in [6, 6.07) is 19.9. The molecule has 3 nitrogen and oxygen atoms in total. The van der Waals surface area contributed by atoms with Crippen molar-refractivity contribution in [3.05, 3.63) is 60.2 Å². The van der Waals surface area contributed by atoms with Crippen molar-refractivity contribution in [1.29, 1.82) is 0 Å². The number of unbranched alkanes of at least 4 members (excludes halogenated alkanes) is 8. The number of oxime groups is 1. The van der Waals surface area contributed by atoms with Crippen molar-refractivity contribution in [2.24, 2.45) is 5.16 Å². The van der Waals surface area contributed by atoms with Crippen LogP contribution >= 0.6 is 0 Å². The second-order valence-electron chi connectivity index (χ2n) is 8.81. The first-order valence-corrected chi connectivity index (χ1v) is 12.3. The fraction of sp³-hybridized carbons (Fsp3) is 0.414. The van der Waals surface area contributed by atoms with E-state index >= 15 is 0 Å². The highest BCUT2D eigenvalue weighted by atomic mass is 16.6. The van der Waals surface area contributed by atoms with Crippen LogP contribution in [0, 0.1) is 0 Å². The first-order chi connectivity index (χ1) is 15.9. The molecule has 0 heterocycles. The van der Waals surface area contributed by atoms with Crippen LogP contribution in [0.2, 0.25) is 0 Å². The molecule has 0 spiro atoms. The van der Waals surface area contributed by atoms with Gasteiger partial charge in [0.25, 0.3) is 0 Å². The molecule has 0 bridgehead atoms. The van der Waals surface area contributed by atoms with E-state index in [0.717, 1.165) is 25.7 Å². The van der Waals surface area contributed by atoms with Crippen molar-refractivity contribution in [3.8, 4) is 0 Å². The predicted molar refractivity (Wildman–Crippen MR) is 137 cm³/mol. The highest BCUT2D eigenvalue weighted by molar-refractivity contribution is 6.23. The quantitative estimate of drug-likeness (QED) is 0.0968. The van der Waals surface area contributed by atoms with E-state index in [4.69, 9.17) is 9.94 Å². The Bertz CT molecular complexity index is 1120. The maximum atomic E-state index is 8.78. The number of aliphatic hydroxyl groups is 1. The van der Waals surface area contributed by atoms with Crippen LogP contribution in [0.25, 0.3) is 32.3 Å². The van der Waals surface area contributed by atoms with Crippen LogP contribution in [0.1, 0.15) is 63.4 Å². The predicted octanol–water partition coefficient (Wildman–Crippen LogP) is 7.63. The van der Waals surface area contributed by atoms with Gasteiger partial charge < -0.3 is 9.94 Å². The monoisotopic (exact) mass is 429 g/mol. The Morgan fingerprint density at radius 1 is 0.656 bits per heavy atom. The lowest BCUT2D eigenvalue weighted by molar-refractivity contribution is 0.140. The Labute approximate surface area is 191 Å². The summed E-state index contributed by atoms with van der Waals surface area (Å²) < 4.78 is 0. The molecule has 32 heavy (non-hydrogen) atoms. The molecular weight excluding hydrogens is 394 g/mol. The normalized spacial score (nSPS) is 12.0. The average molecular weight is 430 g/mol. The molecule has 1 N–H and O–H groups in total. The number of aliphatic hydroxyl groups excluding tert-OH is 1. The Kier molecular flexibility index (Phi) is 8.33. The molecule has 0 saturated heterocycles. The van der Waals surface area contributed by atoms with E-state index in [1.54, 1.807) is 0 Å². The molecule has 0 aliphatic carbocycles. The van der Waals surface area contributed by atoms with Gasteiger partial charge in [0.1, 0.15) is 6.61 Å². The molecule has 4 rings (SSSR count). The van der Waals surface area contributed by atoms with Crippen LogP contribution in [-0.2, 0) is 11.3 Å². The lowest BCUT2D eigenvalue weighted by Gasteiger charge is -2.13. The van der Waals surface area contributed by atoms with Gasteiger partial charge in [-0.25, -0.2) is 0 Å². The van der Waals surface area contributed by atoms with Crippen LogP contribution in [0.3, 0.4) is 0 Å². The molecule has 168 valence electrons. The molecule has 4 aromatic carbocycles. The minimum Gasteiger partial charge on any atom is -0.396 e. The molecule has 0 aromatic heterocycles. The van der Waals surface area contributed by atoms with Gasteiger partial charge >= 0.3 is 0 Å². The summed E-state index contributed by atoms with van der Waals surface area (Å²) in [6.07, 6.45) is 13.5. The highest BCUT2D eigenvalue weighted by Crippen LogP contribution is 2.35. The molecule has 4 aromatic rings.